The van der Waals surface area contributed by atoms with Crippen LogP contribution in [0.5, 0.6) is 0 Å². The van der Waals surface area contributed by atoms with Gasteiger partial charge >= 0.3 is 0 Å². The molecular weight excluding hydrogens is 196 g/mol. The second-order valence-electron chi connectivity index (χ2n) is 4.07. The number of aryl methyl sites for hydroxylation is 1. The van der Waals surface area contributed by atoms with Gasteiger partial charge in [0.25, 0.3) is 0 Å². The number of hydrogen-bond acceptors (Lipinski definition) is 1. The van der Waals surface area contributed by atoms with Crippen molar-refractivity contribution >= 4 is 10.9 Å². The van der Waals surface area contributed by atoms with Gasteiger partial charge in [-0.25, -0.2) is 0 Å². The van der Waals surface area contributed by atoms with E-state index in [0.29, 0.717) is 0 Å². The summed E-state index contributed by atoms with van der Waals surface area (Å²) in [4.78, 5) is 0. The second kappa shape index (κ2) is 4.85. The molecule has 2 rings (SSSR count). The lowest BCUT2D eigenvalue weighted by molar-refractivity contribution is 0.616. The average Bonchev–Trinajstić information content (AvgIpc) is 2.73. The molecule has 0 bridgehead atoms. The van der Waals surface area contributed by atoms with Gasteiger partial charge in [0.1, 0.15) is 0 Å². The van der Waals surface area contributed by atoms with Crippen LogP contribution in [0.2, 0.25) is 0 Å². The summed E-state index contributed by atoms with van der Waals surface area (Å²) in [6, 6.07) is 10.2. The first kappa shape index (κ1) is 10.8. The second-order valence-corrected chi connectivity index (χ2v) is 4.07. The highest BCUT2D eigenvalue weighted by atomic mass is 14.9. The number of nitriles is 1. The van der Waals surface area contributed by atoms with Gasteiger partial charge in [0.05, 0.1) is 11.6 Å². The van der Waals surface area contributed by atoms with Gasteiger partial charge in [-0.15, -0.1) is 0 Å². The predicted octanol–water partition coefficient (Wildman–Crippen LogP) is 3.70. The maximum Gasteiger partial charge on any atom is 0.0998 e. The molecule has 0 fully saturated rings. The maximum absolute atomic E-state index is 9.00. The molecule has 2 heteroatoms. The monoisotopic (exact) mass is 212 g/mol. The molecule has 0 aliphatic carbocycles. The van der Waals surface area contributed by atoms with Crippen molar-refractivity contribution in [3.8, 4) is 6.07 Å². The Morgan fingerprint density at radius 3 is 2.88 bits per heavy atom. The molecule has 16 heavy (non-hydrogen) atoms. The molecule has 0 saturated carbocycles. The molecule has 1 heterocycles. The van der Waals surface area contributed by atoms with Gasteiger partial charge in [0.2, 0.25) is 0 Å². The van der Waals surface area contributed by atoms with Crippen LogP contribution in [0.3, 0.4) is 0 Å². The molecule has 0 atom stereocenters. The topological polar surface area (TPSA) is 28.7 Å². The fraction of sp³-hybridized carbons (Fsp3) is 0.357. The molecule has 1 aromatic carbocycles. The first-order chi connectivity index (χ1) is 7.86. The van der Waals surface area contributed by atoms with Gasteiger partial charge in [-0.3, -0.25) is 0 Å². The van der Waals surface area contributed by atoms with E-state index in [-0.39, 0.29) is 0 Å². The molecule has 0 amide bonds. The van der Waals surface area contributed by atoms with Crippen LogP contribution >= 0.6 is 0 Å². The lowest BCUT2D eigenvalue weighted by Gasteiger charge is -2.04. The molecule has 0 saturated heterocycles. The van der Waals surface area contributed by atoms with Crippen LogP contribution in [0.15, 0.2) is 30.5 Å². The van der Waals surface area contributed by atoms with E-state index in [1.54, 1.807) is 0 Å². The van der Waals surface area contributed by atoms with E-state index in [9.17, 15) is 0 Å². The Morgan fingerprint density at radius 2 is 2.12 bits per heavy atom. The van der Waals surface area contributed by atoms with Crippen molar-refractivity contribution in [1.82, 2.24) is 4.57 Å². The number of aromatic nitrogens is 1. The van der Waals surface area contributed by atoms with E-state index in [4.69, 9.17) is 5.26 Å². The van der Waals surface area contributed by atoms with Crippen molar-refractivity contribution in [3.63, 3.8) is 0 Å². The zero-order valence-electron chi connectivity index (χ0n) is 9.61. The normalized spacial score (nSPS) is 10.5. The number of hydrogen-bond donors (Lipinski definition) is 0. The molecule has 2 aromatic rings. The van der Waals surface area contributed by atoms with Crippen molar-refractivity contribution in [2.24, 2.45) is 0 Å². The van der Waals surface area contributed by atoms with E-state index in [1.165, 1.54) is 24.8 Å². The van der Waals surface area contributed by atoms with Crippen LogP contribution in [-0.2, 0) is 6.54 Å². The molecule has 0 spiro atoms. The Hall–Kier alpha value is -1.75. The summed E-state index contributed by atoms with van der Waals surface area (Å²) in [6.07, 6.45) is 5.79. The maximum atomic E-state index is 9.00. The van der Waals surface area contributed by atoms with Crippen molar-refractivity contribution in [2.75, 3.05) is 0 Å². The van der Waals surface area contributed by atoms with Crippen molar-refractivity contribution < 1.29 is 0 Å². The van der Waals surface area contributed by atoms with Crippen LogP contribution in [0.1, 0.15) is 31.7 Å². The standard InChI is InChI=1S/C14H16N2/c1-2-3-4-9-16-10-8-13-12(11-15)6-5-7-14(13)16/h5-8,10H,2-4,9H2,1H3. The molecule has 0 aliphatic heterocycles. The first-order valence-corrected chi connectivity index (χ1v) is 5.84. The van der Waals surface area contributed by atoms with Crippen LogP contribution in [0, 0.1) is 11.3 Å². The Labute approximate surface area is 96.1 Å². The molecule has 2 nitrogen and oxygen atoms in total. The SMILES string of the molecule is CCCCCn1ccc2c(C#N)cccc21. The lowest BCUT2D eigenvalue weighted by atomic mass is 10.1. The first-order valence-electron chi connectivity index (χ1n) is 5.84. The summed E-state index contributed by atoms with van der Waals surface area (Å²) >= 11 is 0. The number of nitrogens with zero attached hydrogens (tertiary/aromatic N) is 2. The molecule has 82 valence electrons. The number of rotatable bonds is 4. The Balaban J connectivity index is 2.31. The minimum absolute atomic E-state index is 0.770. The zero-order chi connectivity index (χ0) is 11.4. The van der Waals surface area contributed by atoms with Crippen LogP contribution < -0.4 is 0 Å². The number of unbranched alkanes of at least 4 members (excludes halogenated alkanes) is 2. The third kappa shape index (κ3) is 1.94. The Kier molecular flexibility index (Phi) is 3.26. The van der Waals surface area contributed by atoms with Gasteiger partial charge in [0, 0.05) is 23.6 Å². The lowest BCUT2D eigenvalue weighted by Crippen LogP contribution is -1.95. The molecule has 0 N–H and O–H groups in total. The molecule has 0 unspecified atom stereocenters. The van der Waals surface area contributed by atoms with Gasteiger partial charge < -0.3 is 4.57 Å². The molecule has 0 radical (unpaired) electrons. The van der Waals surface area contributed by atoms with E-state index in [1.807, 2.05) is 18.2 Å². The highest BCUT2D eigenvalue weighted by Gasteiger charge is 2.04. The molecular formula is C14H16N2. The predicted molar refractivity (Wildman–Crippen MR) is 66.2 cm³/mol. The zero-order valence-corrected chi connectivity index (χ0v) is 9.61. The third-order valence-electron chi connectivity index (χ3n) is 2.94. The Bertz CT molecular complexity index is 517. The highest BCUT2D eigenvalue weighted by molar-refractivity contribution is 5.85. The van der Waals surface area contributed by atoms with E-state index < -0.39 is 0 Å². The van der Waals surface area contributed by atoms with Crippen LogP contribution in [-0.4, -0.2) is 4.57 Å². The fourth-order valence-electron chi connectivity index (χ4n) is 2.05. The van der Waals surface area contributed by atoms with Crippen molar-refractivity contribution in [1.29, 1.82) is 5.26 Å². The summed E-state index contributed by atoms with van der Waals surface area (Å²) in [5.74, 6) is 0. The third-order valence-corrected chi connectivity index (χ3v) is 2.94. The largest absolute Gasteiger partial charge is 0.347 e. The van der Waals surface area contributed by atoms with E-state index >= 15 is 0 Å². The smallest absolute Gasteiger partial charge is 0.0998 e. The Morgan fingerprint density at radius 1 is 1.25 bits per heavy atom. The quantitative estimate of drug-likeness (QED) is 0.710. The van der Waals surface area contributed by atoms with E-state index in [2.05, 4.69) is 29.8 Å². The van der Waals surface area contributed by atoms with Gasteiger partial charge in [-0.2, -0.15) is 5.26 Å². The minimum atomic E-state index is 0.770. The summed E-state index contributed by atoms with van der Waals surface area (Å²) in [5.41, 5.74) is 1.95. The van der Waals surface area contributed by atoms with Crippen LogP contribution in [0.4, 0.5) is 0 Å². The highest BCUT2D eigenvalue weighted by Crippen LogP contribution is 2.20. The number of benzene rings is 1. The van der Waals surface area contributed by atoms with Crippen molar-refractivity contribution in [3.05, 3.63) is 36.0 Å². The summed E-state index contributed by atoms with van der Waals surface area (Å²) in [7, 11) is 0. The van der Waals surface area contributed by atoms with Gasteiger partial charge in [-0.05, 0) is 24.6 Å². The van der Waals surface area contributed by atoms with Gasteiger partial charge in [0.15, 0.2) is 0 Å². The fourth-order valence-corrected chi connectivity index (χ4v) is 2.05. The van der Waals surface area contributed by atoms with Crippen LogP contribution in [0.25, 0.3) is 10.9 Å². The molecule has 0 aliphatic rings. The number of fused-ring (bicyclic) bond motifs is 1. The summed E-state index contributed by atoms with van der Waals surface area (Å²) in [5, 5.41) is 10.1. The average molecular weight is 212 g/mol. The minimum Gasteiger partial charge on any atom is -0.347 e. The summed E-state index contributed by atoms with van der Waals surface area (Å²) < 4.78 is 2.24. The van der Waals surface area contributed by atoms with E-state index in [0.717, 1.165) is 17.5 Å². The summed E-state index contributed by atoms with van der Waals surface area (Å²) in [6.45, 7) is 3.26. The van der Waals surface area contributed by atoms with Gasteiger partial charge in [-0.1, -0.05) is 25.8 Å². The van der Waals surface area contributed by atoms with Crippen molar-refractivity contribution in [2.45, 2.75) is 32.7 Å². The molecule has 1 aromatic heterocycles.